The van der Waals surface area contributed by atoms with Crippen LogP contribution in [-0.2, 0) is 19.8 Å². The Hall–Kier alpha value is -1.39. The molecule has 4 nitrogen and oxygen atoms in total. The van der Waals surface area contributed by atoms with Gasteiger partial charge < -0.3 is 9.47 Å². The van der Waals surface area contributed by atoms with Crippen molar-refractivity contribution in [1.82, 2.24) is 5.32 Å². The molecule has 1 fully saturated rings. The van der Waals surface area contributed by atoms with Crippen LogP contribution in [0.4, 0.5) is 0 Å². The van der Waals surface area contributed by atoms with Crippen LogP contribution in [0.1, 0.15) is 32.3 Å². The monoisotopic (exact) mass is 277 g/mol. The molecule has 110 valence electrons. The number of rotatable bonds is 6. The van der Waals surface area contributed by atoms with Crippen molar-refractivity contribution >= 4 is 5.97 Å². The van der Waals surface area contributed by atoms with Crippen LogP contribution in [0.2, 0.25) is 0 Å². The molecule has 0 aromatic heterocycles. The topological polar surface area (TPSA) is 47.6 Å². The van der Waals surface area contributed by atoms with E-state index in [4.69, 9.17) is 9.47 Å². The lowest BCUT2D eigenvalue weighted by atomic mass is 9.91. The number of carbonyl (C=O) groups excluding carboxylic acids is 1. The maximum Gasteiger partial charge on any atom is 0.330 e. The Bertz CT molecular complexity index is 429. The number of nitrogens with one attached hydrogen (secondary N) is 1. The molecule has 2 unspecified atom stereocenters. The second-order valence-corrected chi connectivity index (χ2v) is 5.23. The summed E-state index contributed by atoms with van der Waals surface area (Å²) in [6.45, 7) is 5.54. The molecule has 0 spiro atoms. The van der Waals surface area contributed by atoms with E-state index in [1.807, 2.05) is 44.2 Å². The van der Waals surface area contributed by atoms with Crippen LogP contribution in [0.3, 0.4) is 0 Å². The summed E-state index contributed by atoms with van der Waals surface area (Å²) in [7, 11) is 0. The molecule has 2 rings (SSSR count). The first kappa shape index (κ1) is 15.0. The van der Waals surface area contributed by atoms with E-state index in [0.29, 0.717) is 13.2 Å². The van der Waals surface area contributed by atoms with E-state index in [-0.39, 0.29) is 12.1 Å². The molecule has 1 aliphatic heterocycles. The molecule has 0 amide bonds. The lowest BCUT2D eigenvalue weighted by Crippen LogP contribution is -2.50. The molecule has 1 aromatic rings. The highest BCUT2D eigenvalue weighted by Gasteiger charge is 2.37. The summed E-state index contributed by atoms with van der Waals surface area (Å²) in [5.41, 5.74) is 0.0832. The standard InChI is InChI=1S/C16H23NO3/c1-3-19-15(18)16(2,13-8-5-4-6-9-13)17-12-14-10-7-11-20-14/h4-6,8-9,14,17H,3,7,10-12H2,1-2H3. The second kappa shape index (κ2) is 6.86. The first-order valence-electron chi connectivity index (χ1n) is 7.26. The van der Waals surface area contributed by atoms with Gasteiger partial charge in [-0.3, -0.25) is 5.32 Å². The minimum absolute atomic E-state index is 0.187. The minimum Gasteiger partial charge on any atom is -0.464 e. The van der Waals surface area contributed by atoms with Crippen LogP contribution in [0, 0.1) is 0 Å². The molecule has 0 aliphatic carbocycles. The van der Waals surface area contributed by atoms with Crippen LogP contribution < -0.4 is 5.32 Å². The molecular formula is C16H23NO3. The van der Waals surface area contributed by atoms with Gasteiger partial charge in [0.25, 0.3) is 0 Å². The number of hydrogen-bond donors (Lipinski definition) is 1. The third kappa shape index (κ3) is 3.38. The zero-order valence-electron chi connectivity index (χ0n) is 12.2. The second-order valence-electron chi connectivity index (χ2n) is 5.23. The van der Waals surface area contributed by atoms with Gasteiger partial charge in [-0.15, -0.1) is 0 Å². The molecule has 0 saturated carbocycles. The van der Waals surface area contributed by atoms with Gasteiger partial charge in [-0.25, -0.2) is 4.79 Å². The fourth-order valence-electron chi connectivity index (χ4n) is 2.46. The van der Waals surface area contributed by atoms with Gasteiger partial charge in [-0.05, 0) is 32.3 Å². The summed E-state index contributed by atoms with van der Waals surface area (Å²) in [6.07, 6.45) is 2.32. The zero-order chi connectivity index (χ0) is 14.4. The molecule has 20 heavy (non-hydrogen) atoms. The van der Waals surface area contributed by atoms with Gasteiger partial charge in [0.15, 0.2) is 0 Å². The first-order valence-corrected chi connectivity index (χ1v) is 7.26. The van der Waals surface area contributed by atoms with Crippen molar-refractivity contribution in [3.05, 3.63) is 35.9 Å². The molecule has 1 aliphatic rings. The highest BCUT2D eigenvalue weighted by Crippen LogP contribution is 2.23. The van der Waals surface area contributed by atoms with Crippen molar-refractivity contribution in [2.24, 2.45) is 0 Å². The highest BCUT2D eigenvalue weighted by atomic mass is 16.5. The van der Waals surface area contributed by atoms with E-state index < -0.39 is 5.54 Å². The number of hydrogen-bond acceptors (Lipinski definition) is 4. The van der Waals surface area contributed by atoms with Crippen LogP contribution in [0.15, 0.2) is 30.3 Å². The quantitative estimate of drug-likeness (QED) is 0.810. The van der Waals surface area contributed by atoms with Crippen molar-refractivity contribution in [2.45, 2.75) is 38.3 Å². The maximum atomic E-state index is 12.3. The molecule has 1 saturated heterocycles. The molecule has 2 atom stereocenters. The van der Waals surface area contributed by atoms with Crippen LogP contribution in [0.5, 0.6) is 0 Å². The van der Waals surface area contributed by atoms with Gasteiger partial charge in [-0.2, -0.15) is 0 Å². The van der Waals surface area contributed by atoms with Crippen molar-refractivity contribution in [2.75, 3.05) is 19.8 Å². The van der Waals surface area contributed by atoms with Crippen LogP contribution in [0.25, 0.3) is 0 Å². The Morgan fingerprint density at radius 1 is 1.45 bits per heavy atom. The average molecular weight is 277 g/mol. The summed E-state index contributed by atoms with van der Waals surface area (Å²) in [6, 6.07) is 9.69. The molecule has 0 bridgehead atoms. The van der Waals surface area contributed by atoms with E-state index in [2.05, 4.69) is 5.32 Å². The number of carbonyl (C=O) groups is 1. The summed E-state index contributed by atoms with van der Waals surface area (Å²) in [5, 5.41) is 3.34. The highest BCUT2D eigenvalue weighted by molar-refractivity contribution is 5.82. The summed E-state index contributed by atoms with van der Waals surface area (Å²) in [4.78, 5) is 12.3. The predicted molar refractivity (Wildman–Crippen MR) is 77.4 cm³/mol. The first-order chi connectivity index (χ1) is 9.66. The van der Waals surface area contributed by atoms with Gasteiger partial charge in [-0.1, -0.05) is 30.3 Å². The van der Waals surface area contributed by atoms with Gasteiger partial charge in [0.2, 0.25) is 0 Å². The van der Waals surface area contributed by atoms with Gasteiger partial charge in [0.1, 0.15) is 5.54 Å². The summed E-state index contributed by atoms with van der Waals surface area (Å²) < 4.78 is 10.8. The molecule has 1 aromatic carbocycles. The molecule has 0 radical (unpaired) electrons. The normalized spacial score (nSPS) is 21.4. The minimum atomic E-state index is -0.830. The Labute approximate surface area is 120 Å². The molecule has 4 heteroatoms. The van der Waals surface area contributed by atoms with E-state index in [1.165, 1.54) is 0 Å². The Kier molecular flexibility index (Phi) is 5.15. The largest absolute Gasteiger partial charge is 0.464 e. The fraction of sp³-hybridized carbons (Fsp3) is 0.562. The third-order valence-corrected chi connectivity index (χ3v) is 3.74. The maximum absolute atomic E-state index is 12.3. The van der Waals surface area contributed by atoms with Crippen molar-refractivity contribution in [3.8, 4) is 0 Å². The summed E-state index contributed by atoms with van der Waals surface area (Å²) in [5.74, 6) is -0.246. The Morgan fingerprint density at radius 3 is 2.80 bits per heavy atom. The fourth-order valence-corrected chi connectivity index (χ4v) is 2.46. The Balaban J connectivity index is 2.12. The SMILES string of the molecule is CCOC(=O)C(C)(NCC1CCCO1)c1ccccc1. The van der Waals surface area contributed by atoms with Gasteiger partial charge >= 0.3 is 5.97 Å². The molecule has 1 heterocycles. The number of esters is 1. The van der Waals surface area contributed by atoms with E-state index in [0.717, 1.165) is 25.0 Å². The number of benzene rings is 1. The zero-order valence-corrected chi connectivity index (χ0v) is 12.2. The van der Waals surface area contributed by atoms with E-state index in [9.17, 15) is 4.79 Å². The smallest absolute Gasteiger partial charge is 0.330 e. The number of ether oxygens (including phenoxy) is 2. The average Bonchev–Trinajstić information content (AvgIpc) is 2.99. The lowest BCUT2D eigenvalue weighted by Gasteiger charge is -2.30. The van der Waals surface area contributed by atoms with Crippen molar-refractivity contribution < 1.29 is 14.3 Å². The van der Waals surface area contributed by atoms with Crippen molar-refractivity contribution in [1.29, 1.82) is 0 Å². The van der Waals surface area contributed by atoms with Gasteiger partial charge in [0, 0.05) is 13.2 Å². The predicted octanol–water partition coefficient (Wildman–Crippen LogP) is 2.23. The van der Waals surface area contributed by atoms with E-state index in [1.54, 1.807) is 0 Å². The van der Waals surface area contributed by atoms with Gasteiger partial charge in [0.05, 0.1) is 12.7 Å². The third-order valence-electron chi connectivity index (χ3n) is 3.74. The van der Waals surface area contributed by atoms with Crippen molar-refractivity contribution in [3.63, 3.8) is 0 Å². The van der Waals surface area contributed by atoms with Crippen LogP contribution >= 0.6 is 0 Å². The van der Waals surface area contributed by atoms with E-state index >= 15 is 0 Å². The molecule has 1 N–H and O–H groups in total. The van der Waals surface area contributed by atoms with Crippen LogP contribution in [-0.4, -0.2) is 31.8 Å². The Morgan fingerprint density at radius 2 is 2.20 bits per heavy atom. The summed E-state index contributed by atoms with van der Waals surface area (Å²) >= 11 is 0. The molecular weight excluding hydrogens is 254 g/mol. The lowest BCUT2D eigenvalue weighted by molar-refractivity contribution is -0.151.